The number of carbonyl (C=O) groups is 1. The highest BCUT2D eigenvalue weighted by Crippen LogP contribution is 2.09. The zero-order valence-corrected chi connectivity index (χ0v) is 12.7. The van der Waals surface area contributed by atoms with Gasteiger partial charge in [0, 0.05) is 25.2 Å². The van der Waals surface area contributed by atoms with Crippen LogP contribution in [0.25, 0.3) is 5.69 Å². The summed E-state index contributed by atoms with van der Waals surface area (Å²) in [5.74, 6) is 0.112. The molecule has 1 aromatic carbocycles. The van der Waals surface area contributed by atoms with Gasteiger partial charge in [-0.05, 0) is 43.5 Å². The molecule has 0 aliphatic carbocycles. The Morgan fingerprint density at radius 3 is 3.00 bits per heavy atom. The van der Waals surface area contributed by atoms with Crippen molar-refractivity contribution in [3.8, 4) is 5.69 Å². The van der Waals surface area contributed by atoms with Crippen molar-refractivity contribution in [3.05, 3.63) is 48.3 Å². The fourth-order valence-corrected chi connectivity index (χ4v) is 2.73. The molecule has 116 valence electrons. The van der Waals surface area contributed by atoms with Crippen molar-refractivity contribution in [2.24, 2.45) is 0 Å². The maximum absolute atomic E-state index is 11.9. The lowest BCUT2D eigenvalue weighted by atomic mass is 10.2. The van der Waals surface area contributed by atoms with Crippen molar-refractivity contribution in [2.45, 2.75) is 31.7 Å². The molecule has 1 atom stereocenters. The Bertz CT molecular complexity index is 602. The number of benzene rings is 1. The average Bonchev–Trinajstić information content (AvgIpc) is 3.23. The zero-order chi connectivity index (χ0) is 15.2. The van der Waals surface area contributed by atoms with Gasteiger partial charge in [0.15, 0.2) is 0 Å². The lowest BCUT2D eigenvalue weighted by Crippen LogP contribution is -2.37. The number of nitrogens with one attached hydrogen (secondary N) is 2. The molecule has 0 bridgehead atoms. The highest BCUT2D eigenvalue weighted by molar-refractivity contribution is 5.76. The number of amides is 1. The molecule has 1 unspecified atom stereocenters. The standard InChI is InChI=1S/C17H22N4O/c22-17(19-12-15-5-4-10-18-15)9-8-14-11-20-21(13-14)16-6-2-1-3-7-16/h1-3,6-7,11,13,15,18H,4-5,8-10,12H2,(H,19,22). The molecule has 1 aliphatic rings. The summed E-state index contributed by atoms with van der Waals surface area (Å²) < 4.78 is 1.84. The number of hydrogen-bond donors (Lipinski definition) is 2. The molecule has 0 spiro atoms. The van der Waals surface area contributed by atoms with Gasteiger partial charge in [0.25, 0.3) is 0 Å². The Morgan fingerprint density at radius 2 is 2.23 bits per heavy atom. The van der Waals surface area contributed by atoms with Crippen LogP contribution in [0.3, 0.4) is 0 Å². The zero-order valence-electron chi connectivity index (χ0n) is 12.7. The highest BCUT2D eigenvalue weighted by Gasteiger charge is 2.14. The van der Waals surface area contributed by atoms with Crippen LogP contribution in [0, 0.1) is 0 Å². The van der Waals surface area contributed by atoms with Crippen LogP contribution in [-0.2, 0) is 11.2 Å². The van der Waals surface area contributed by atoms with Crippen molar-refractivity contribution < 1.29 is 4.79 Å². The summed E-state index contributed by atoms with van der Waals surface area (Å²) in [6.07, 6.45) is 7.41. The van der Waals surface area contributed by atoms with Crippen LogP contribution in [0.4, 0.5) is 0 Å². The molecule has 1 saturated heterocycles. The number of nitrogens with zero attached hydrogens (tertiary/aromatic N) is 2. The fraction of sp³-hybridized carbons (Fsp3) is 0.412. The average molecular weight is 298 g/mol. The molecule has 0 saturated carbocycles. The third-order valence-electron chi connectivity index (χ3n) is 4.01. The van der Waals surface area contributed by atoms with Gasteiger partial charge in [-0.3, -0.25) is 4.79 Å². The molecule has 5 nitrogen and oxygen atoms in total. The molecule has 3 rings (SSSR count). The number of carbonyl (C=O) groups excluding carboxylic acids is 1. The van der Waals surface area contributed by atoms with Gasteiger partial charge in [0.2, 0.25) is 5.91 Å². The van der Waals surface area contributed by atoms with Gasteiger partial charge in [-0.1, -0.05) is 18.2 Å². The van der Waals surface area contributed by atoms with E-state index < -0.39 is 0 Å². The maximum atomic E-state index is 11.9. The molecule has 1 amide bonds. The van der Waals surface area contributed by atoms with E-state index in [1.807, 2.05) is 47.4 Å². The second kappa shape index (κ2) is 7.22. The van der Waals surface area contributed by atoms with Crippen LogP contribution in [0.2, 0.25) is 0 Å². The topological polar surface area (TPSA) is 59.0 Å². The Morgan fingerprint density at radius 1 is 1.36 bits per heavy atom. The van der Waals surface area contributed by atoms with Crippen LogP contribution in [0.1, 0.15) is 24.8 Å². The predicted octanol–water partition coefficient (Wildman–Crippen LogP) is 1.67. The quantitative estimate of drug-likeness (QED) is 0.853. The monoisotopic (exact) mass is 298 g/mol. The van der Waals surface area contributed by atoms with E-state index in [0.29, 0.717) is 12.5 Å². The van der Waals surface area contributed by atoms with Gasteiger partial charge in [-0.15, -0.1) is 0 Å². The van der Waals surface area contributed by atoms with Gasteiger partial charge < -0.3 is 10.6 Å². The molecule has 2 aromatic rings. The van der Waals surface area contributed by atoms with E-state index in [9.17, 15) is 4.79 Å². The number of rotatable bonds is 6. The van der Waals surface area contributed by atoms with Crippen molar-refractivity contribution in [1.82, 2.24) is 20.4 Å². The molecule has 1 aromatic heterocycles. The summed E-state index contributed by atoms with van der Waals surface area (Å²) in [6.45, 7) is 1.81. The Balaban J connectivity index is 1.45. The van der Waals surface area contributed by atoms with Crippen molar-refractivity contribution in [2.75, 3.05) is 13.1 Å². The van der Waals surface area contributed by atoms with Crippen molar-refractivity contribution >= 4 is 5.91 Å². The third kappa shape index (κ3) is 3.95. The smallest absolute Gasteiger partial charge is 0.220 e. The van der Waals surface area contributed by atoms with E-state index in [0.717, 1.165) is 37.2 Å². The molecule has 1 aliphatic heterocycles. The first kappa shape index (κ1) is 14.8. The third-order valence-corrected chi connectivity index (χ3v) is 4.01. The van der Waals surface area contributed by atoms with E-state index in [2.05, 4.69) is 15.7 Å². The second-order valence-corrected chi connectivity index (χ2v) is 5.73. The van der Waals surface area contributed by atoms with Crippen LogP contribution in [0.5, 0.6) is 0 Å². The summed E-state index contributed by atoms with van der Waals surface area (Å²) >= 11 is 0. The molecule has 0 radical (unpaired) electrons. The van der Waals surface area contributed by atoms with E-state index in [-0.39, 0.29) is 5.91 Å². The van der Waals surface area contributed by atoms with Gasteiger partial charge in [0.05, 0.1) is 11.9 Å². The SMILES string of the molecule is O=C(CCc1cnn(-c2ccccc2)c1)NCC1CCCN1. The van der Waals surface area contributed by atoms with E-state index in [1.165, 1.54) is 6.42 Å². The Hall–Kier alpha value is -2.14. The Labute approximate surface area is 130 Å². The normalized spacial score (nSPS) is 17.5. The number of hydrogen-bond acceptors (Lipinski definition) is 3. The molecule has 1 fully saturated rings. The molecular formula is C17H22N4O. The van der Waals surface area contributed by atoms with Crippen molar-refractivity contribution in [1.29, 1.82) is 0 Å². The minimum Gasteiger partial charge on any atom is -0.355 e. The first-order chi connectivity index (χ1) is 10.8. The number of aryl methyl sites for hydroxylation is 1. The molecule has 2 N–H and O–H groups in total. The van der Waals surface area contributed by atoms with Gasteiger partial charge in [0.1, 0.15) is 0 Å². The fourth-order valence-electron chi connectivity index (χ4n) is 2.73. The lowest BCUT2D eigenvalue weighted by molar-refractivity contribution is -0.121. The van der Waals surface area contributed by atoms with E-state index >= 15 is 0 Å². The van der Waals surface area contributed by atoms with E-state index in [4.69, 9.17) is 0 Å². The summed E-state index contributed by atoms with van der Waals surface area (Å²) in [6, 6.07) is 10.4. The van der Waals surface area contributed by atoms with Crippen LogP contribution in [0.15, 0.2) is 42.7 Å². The minimum absolute atomic E-state index is 0.112. The predicted molar refractivity (Wildman–Crippen MR) is 85.9 cm³/mol. The van der Waals surface area contributed by atoms with E-state index in [1.54, 1.807) is 0 Å². The highest BCUT2D eigenvalue weighted by atomic mass is 16.1. The summed E-state index contributed by atoms with van der Waals surface area (Å²) in [5.41, 5.74) is 2.11. The van der Waals surface area contributed by atoms with Gasteiger partial charge in [-0.25, -0.2) is 4.68 Å². The maximum Gasteiger partial charge on any atom is 0.220 e. The van der Waals surface area contributed by atoms with Crippen LogP contribution < -0.4 is 10.6 Å². The van der Waals surface area contributed by atoms with Gasteiger partial charge in [-0.2, -0.15) is 5.10 Å². The minimum atomic E-state index is 0.112. The summed E-state index contributed by atoms with van der Waals surface area (Å²) in [4.78, 5) is 11.9. The molecule has 2 heterocycles. The first-order valence-electron chi connectivity index (χ1n) is 7.90. The summed E-state index contributed by atoms with van der Waals surface area (Å²) in [5, 5.41) is 10.7. The number of aromatic nitrogens is 2. The van der Waals surface area contributed by atoms with Crippen LogP contribution >= 0.6 is 0 Å². The van der Waals surface area contributed by atoms with Crippen LogP contribution in [-0.4, -0.2) is 34.8 Å². The molecular weight excluding hydrogens is 276 g/mol. The molecule has 22 heavy (non-hydrogen) atoms. The first-order valence-corrected chi connectivity index (χ1v) is 7.90. The largest absolute Gasteiger partial charge is 0.355 e. The van der Waals surface area contributed by atoms with Gasteiger partial charge >= 0.3 is 0 Å². The lowest BCUT2D eigenvalue weighted by Gasteiger charge is -2.11. The summed E-state index contributed by atoms with van der Waals surface area (Å²) in [7, 11) is 0. The Kier molecular flexibility index (Phi) is 4.85. The second-order valence-electron chi connectivity index (χ2n) is 5.73. The van der Waals surface area contributed by atoms with Crippen molar-refractivity contribution in [3.63, 3.8) is 0 Å². The molecule has 5 heteroatoms. The number of para-hydroxylation sites is 1.